The summed E-state index contributed by atoms with van der Waals surface area (Å²) in [6.07, 6.45) is -4.82. The first-order valence-corrected chi connectivity index (χ1v) is 10.4. The first kappa shape index (κ1) is 24.8. The molecule has 33 heavy (non-hydrogen) atoms. The number of alkyl halides is 3. The molecule has 6 nitrogen and oxygen atoms in total. The molecular formula is C21H18ClF4N3O3S. The van der Waals surface area contributed by atoms with Crippen LogP contribution in [0.15, 0.2) is 35.5 Å². The van der Waals surface area contributed by atoms with E-state index >= 15 is 0 Å². The number of rotatable bonds is 7. The molecule has 176 valence electrons. The number of amides is 2. The van der Waals surface area contributed by atoms with Gasteiger partial charge in [-0.15, -0.1) is 0 Å². The zero-order chi connectivity index (χ0) is 24.3. The molecule has 0 spiro atoms. The number of benzene rings is 2. The Morgan fingerprint density at radius 2 is 2.06 bits per heavy atom. The fourth-order valence-corrected chi connectivity index (χ4v) is 3.61. The molecule has 1 atom stereocenters. The number of nitrogens with one attached hydrogen (secondary N) is 2. The van der Waals surface area contributed by atoms with E-state index in [2.05, 4.69) is 33.0 Å². The van der Waals surface area contributed by atoms with Gasteiger partial charge >= 0.3 is 6.18 Å². The third kappa shape index (κ3) is 5.77. The van der Waals surface area contributed by atoms with Crippen LogP contribution in [-0.2, 0) is 21.7 Å². The van der Waals surface area contributed by atoms with Crippen molar-refractivity contribution >= 4 is 42.0 Å². The summed E-state index contributed by atoms with van der Waals surface area (Å²) in [5.41, 5.74) is 0.377. The van der Waals surface area contributed by atoms with E-state index in [4.69, 9.17) is 11.6 Å². The number of carbonyl (C=O) groups excluding carboxylic acids is 2. The largest absolute Gasteiger partial charge is 0.416 e. The highest BCUT2D eigenvalue weighted by Crippen LogP contribution is 2.34. The van der Waals surface area contributed by atoms with Crippen LogP contribution in [0.25, 0.3) is 0 Å². The average molecular weight is 504 g/mol. The van der Waals surface area contributed by atoms with E-state index in [9.17, 15) is 27.2 Å². The van der Waals surface area contributed by atoms with Gasteiger partial charge in [-0.3, -0.25) is 9.59 Å². The smallest absolute Gasteiger partial charge is 0.352 e. The van der Waals surface area contributed by atoms with Crippen molar-refractivity contribution < 1.29 is 31.4 Å². The second kappa shape index (κ2) is 10.0. The van der Waals surface area contributed by atoms with Gasteiger partial charge in [0.2, 0.25) is 5.91 Å². The van der Waals surface area contributed by atoms with Gasteiger partial charge in [-0.2, -0.15) is 13.2 Å². The molecule has 0 radical (unpaired) electrons. The van der Waals surface area contributed by atoms with Crippen LogP contribution < -0.4 is 10.6 Å². The number of oxime groups is 1. The Kier molecular flexibility index (Phi) is 7.53. The number of hydrogen-bond donors (Lipinski definition) is 3. The number of thiol groups is 1. The number of carbonyl (C=O) groups is 2. The summed E-state index contributed by atoms with van der Waals surface area (Å²) in [5.74, 6) is -1.64. The number of halogens is 5. The Morgan fingerprint density at radius 1 is 1.33 bits per heavy atom. The molecule has 0 unspecified atom stereocenters. The van der Waals surface area contributed by atoms with Gasteiger partial charge in [0.05, 0.1) is 29.2 Å². The van der Waals surface area contributed by atoms with E-state index in [0.717, 1.165) is 0 Å². The van der Waals surface area contributed by atoms with E-state index in [1.165, 1.54) is 6.07 Å². The molecule has 0 aromatic heterocycles. The summed E-state index contributed by atoms with van der Waals surface area (Å²) in [4.78, 5) is 23.8. The molecule has 1 fully saturated rings. The number of hydrogen-bond acceptors (Lipinski definition) is 5. The van der Waals surface area contributed by atoms with Crippen LogP contribution in [0.4, 0.5) is 17.6 Å². The van der Waals surface area contributed by atoms with E-state index in [1.54, 1.807) is 19.1 Å². The molecule has 1 aliphatic rings. The standard InChI is InChI=1S/C21H18ClF4N3O3S/c1-10-6-11(2-4-14(10)19(30)28-17-9-27-20(17)31)16(29-32-33)5-3-12-7-13(21(24,25)26)8-15(22)18(12)23/h2,4,6-8,17,33H,3,5,9H2,1H3,(H,27,31)(H,28,30)/b29-16+/t17-/m0/s1. The van der Waals surface area contributed by atoms with Crippen molar-refractivity contribution in [3.63, 3.8) is 0 Å². The number of aryl methyl sites for hydroxylation is 2. The molecule has 2 amide bonds. The quantitative estimate of drug-likeness (QED) is 0.132. The van der Waals surface area contributed by atoms with Crippen molar-refractivity contribution in [3.05, 3.63) is 69.0 Å². The Bertz CT molecular complexity index is 1120. The molecule has 12 heteroatoms. The van der Waals surface area contributed by atoms with Crippen molar-refractivity contribution in [3.8, 4) is 0 Å². The Labute approximate surface area is 196 Å². The summed E-state index contributed by atoms with van der Waals surface area (Å²) in [5, 5.41) is 8.28. The van der Waals surface area contributed by atoms with Gasteiger partial charge in [-0.25, -0.2) is 4.39 Å². The normalized spacial score (nSPS) is 16.2. The minimum atomic E-state index is -4.68. The van der Waals surface area contributed by atoms with E-state index in [1.807, 2.05) is 0 Å². The lowest BCUT2D eigenvalue weighted by Gasteiger charge is -2.26. The Hall–Kier alpha value is -2.79. The zero-order valence-electron chi connectivity index (χ0n) is 17.1. The molecule has 0 bridgehead atoms. The highest BCUT2D eigenvalue weighted by molar-refractivity contribution is 7.75. The molecule has 3 rings (SSSR count). The summed E-state index contributed by atoms with van der Waals surface area (Å²) in [7, 11) is 0. The maximum Gasteiger partial charge on any atom is 0.416 e. The lowest BCUT2D eigenvalue weighted by molar-refractivity contribution is -0.137. The monoisotopic (exact) mass is 503 g/mol. The molecule has 0 aliphatic carbocycles. The van der Waals surface area contributed by atoms with Crippen molar-refractivity contribution in [2.24, 2.45) is 5.16 Å². The second-order valence-electron chi connectivity index (χ2n) is 7.35. The van der Waals surface area contributed by atoms with Gasteiger partial charge in [0, 0.05) is 12.1 Å². The van der Waals surface area contributed by atoms with Crippen LogP contribution in [0.1, 0.15) is 39.0 Å². The SMILES string of the molecule is Cc1cc(/C(CCc2cc(C(F)(F)F)cc(Cl)c2F)=N/OS)ccc1C(=O)N[C@H]1CNC1=O. The van der Waals surface area contributed by atoms with Crippen molar-refractivity contribution in [1.29, 1.82) is 0 Å². The average Bonchev–Trinajstić information content (AvgIpc) is 2.75. The molecule has 1 aliphatic heterocycles. The number of nitrogens with zero attached hydrogens (tertiary/aromatic N) is 1. The summed E-state index contributed by atoms with van der Waals surface area (Å²) >= 11 is 9.23. The maximum atomic E-state index is 14.3. The molecule has 2 aromatic rings. The first-order valence-electron chi connectivity index (χ1n) is 9.63. The molecular weight excluding hydrogens is 486 g/mol. The molecule has 1 heterocycles. The second-order valence-corrected chi connectivity index (χ2v) is 7.92. The third-order valence-electron chi connectivity index (χ3n) is 5.12. The van der Waals surface area contributed by atoms with Gasteiger partial charge in [0.15, 0.2) is 0 Å². The van der Waals surface area contributed by atoms with Crippen LogP contribution >= 0.6 is 24.5 Å². The highest BCUT2D eigenvalue weighted by atomic mass is 35.5. The molecule has 0 saturated carbocycles. The van der Waals surface area contributed by atoms with Crippen LogP contribution in [0.2, 0.25) is 5.02 Å². The van der Waals surface area contributed by atoms with Crippen LogP contribution in [-0.4, -0.2) is 30.1 Å². The van der Waals surface area contributed by atoms with Gasteiger partial charge in [0.1, 0.15) is 11.9 Å². The summed E-state index contributed by atoms with van der Waals surface area (Å²) < 4.78 is 58.0. The summed E-state index contributed by atoms with van der Waals surface area (Å²) in [6.45, 7) is 2.03. The van der Waals surface area contributed by atoms with E-state index < -0.39 is 34.5 Å². The summed E-state index contributed by atoms with van der Waals surface area (Å²) in [6, 6.07) is 5.36. The first-order chi connectivity index (χ1) is 15.5. The van der Waals surface area contributed by atoms with Crippen LogP contribution in [0.5, 0.6) is 0 Å². The topological polar surface area (TPSA) is 79.8 Å². The van der Waals surface area contributed by atoms with Gasteiger partial charge in [-0.05, 0) is 60.7 Å². The Balaban J connectivity index is 1.79. The van der Waals surface area contributed by atoms with Gasteiger partial charge in [0.25, 0.3) is 5.91 Å². The van der Waals surface area contributed by atoms with Crippen molar-refractivity contribution in [2.45, 2.75) is 32.0 Å². The molecule has 2 N–H and O–H groups in total. The maximum absolute atomic E-state index is 14.3. The van der Waals surface area contributed by atoms with Crippen LogP contribution in [0.3, 0.4) is 0 Å². The zero-order valence-corrected chi connectivity index (χ0v) is 18.7. The van der Waals surface area contributed by atoms with Gasteiger partial charge in [-0.1, -0.05) is 22.8 Å². The van der Waals surface area contributed by atoms with Crippen LogP contribution in [0, 0.1) is 12.7 Å². The molecule has 2 aromatic carbocycles. The lowest BCUT2D eigenvalue weighted by atomic mass is 9.97. The lowest BCUT2D eigenvalue weighted by Crippen LogP contribution is -2.61. The van der Waals surface area contributed by atoms with Crippen molar-refractivity contribution in [1.82, 2.24) is 10.6 Å². The molecule has 1 saturated heterocycles. The minimum Gasteiger partial charge on any atom is -0.352 e. The van der Waals surface area contributed by atoms with Gasteiger partial charge < -0.3 is 14.9 Å². The number of β-lactam (4-membered cyclic amide) rings is 1. The van der Waals surface area contributed by atoms with Crippen molar-refractivity contribution in [2.75, 3.05) is 6.54 Å². The fourth-order valence-electron chi connectivity index (χ4n) is 3.27. The van der Waals surface area contributed by atoms with E-state index in [-0.39, 0.29) is 30.0 Å². The highest BCUT2D eigenvalue weighted by Gasteiger charge is 2.32. The predicted molar refractivity (Wildman–Crippen MR) is 117 cm³/mol. The minimum absolute atomic E-state index is 0.00233. The van der Waals surface area contributed by atoms with E-state index in [0.29, 0.717) is 35.4 Å². The third-order valence-corrected chi connectivity index (χ3v) is 5.48. The Morgan fingerprint density at radius 3 is 2.61 bits per heavy atom. The predicted octanol–water partition coefficient (Wildman–Crippen LogP) is 4.23. The fraction of sp³-hybridized carbons (Fsp3) is 0.286.